The number of hydrogen-bond acceptors (Lipinski definition) is 5. The Kier molecular flexibility index (Phi) is 4.72. The number of rotatable bonds is 4. The van der Waals surface area contributed by atoms with Gasteiger partial charge in [-0.1, -0.05) is 12.1 Å². The van der Waals surface area contributed by atoms with Gasteiger partial charge in [0.1, 0.15) is 17.4 Å². The Morgan fingerprint density at radius 3 is 2.80 bits per heavy atom. The van der Waals surface area contributed by atoms with Crippen LogP contribution in [0.25, 0.3) is 0 Å². The number of nitrogens with one attached hydrogen (secondary N) is 1. The Bertz CT molecular complexity index is 733. The highest BCUT2D eigenvalue weighted by Gasteiger charge is 2.27. The second-order valence-electron chi connectivity index (χ2n) is 7.16. The van der Waals surface area contributed by atoms with Crippen molar-refractivity contribution in [3.05, 3.63) is 41.0 Å². The van der Waals surface area contributed by atoms with E-state index in [1.54, 1.807) is 7.11 Å². The van der Waals surface area contributed by atoms with Crippen LogP contribution in [0.3, 0.4) is 0 Å². The fraction of sp³-hybridized carbons (Fsp3) is 0.579. The topological polar surface area (TPSA) is 55.2 Å². The molecule has 0 spiro atoms. The van der Waals surface area contributed by atoms with Crippen LogP contribution < -0.4 is 10.1 Å². The fourth-order valence-electron chi connectivity index (χ4n) is 4.06. The van der Waals surface area contributed by atoms with E-state index in [0.29, 0.717) is 5.92 Å². The van der Waals surface area contributed by atoms with E-state index in [2.05, 4.69) is 50.1 Å². The van der Waals surface area contributed by atoms with Gasteiger partial charge in [-0.3, -0.25) is 4.90 Å². The van der Waals surface area contributed by atoms with E-state index in [9.17, 15) is 0 Å². The SMILES string of the molecule is COc1ccc(CN2CCC(c3nnc4n3CCNC4)CC2)cc1C. The van der Waals surface area contributed by atoms with Gasteiger partial charge in [0.15, 0.2) is 0 Å². The van der Waals surface area contributed by atoms with Crippen LogP contribution in [0.1, 0.15) is 41.5 Å². The third-order valence-corrected chi connectivity index (χ3v) is 5.47. The maximum absolute atomic E-state index is 5.36. The first-order chi connectivity index (χ1) is 12.2. The van der Waals surface area contributed by atoms with Gasteiger partial charge >= 0.3 is 0 Å². The third-order valence-electron chi connectivity index (χ3n) is 5.47. The maximum atomic E-state index is 5.36. The number of hydrogen-bond donors (Lipinski definition) is 1. The Morgan fingerprint density at radius 2 is 2.04 bits per heavy atom. The van der Waals surface area contributed by atoms with Crippen LogP contribution in [0.4, 0.5) is 0 Å². The molecule has 6 heteroatoms. The van der Waals surface area contributed by atoms with Gasteiger partial charge in [0.05, 0.1) is 13.7 Å². The molecule has 2 aliphatic heterocycles. The minimum Gasteiger partial charge on any atom is -0.496 e. The second-order valence-corrected chi connectivity index (χ2v) is 7.16. The lowest BCUT2D eigenvalue weighted by Gasteiger charge is -2.32. The fourth-order valence-corrected chi connectivity index (χ4v) is 4.06. The van der Waals surface area contributed by atoms with Gasteiger partial charge in [0, 0.05) is 25.6 Å². The summed E-state index contributed by atoms with van der Waals surface area (Å²) in [5, 5.41) is 12.2. The molecule has 2 aromatic rings. The summed E-state index contributed by atoms with van der Waals surface area (Å²) in [7, 11) is 1.73. The number of piperidine rings is 1. The molecule has 2 aliphatic rings. The Labute approximate surface area is 149 Å². The number of ether oxygens (including phenoxy) is 1. The zero-order chi connectivity index (χ0) is 17.2. The first kappa shape index (κ1) is 16.5. The molecule has 1 fully saturated rings. The van der Waals surface area contributed by atoms with Gasteiger partial charge in [-0.2, -0.15) is 0 Å². The van der Waals surface area contributed by atoms with E-state index in [-0.39, 0.29) is 0 Å². The highest BCUT2D eigenvalue weighted by Crippen LogP contribution is 2.29. The molecule has 6 nitrogen and oxygen atoms in total. The van der Waals surface area contributed by atoms with E-state index in [1.165, 1.54) is 29.8 Å². The van der Waals surface area contributed by atoms with Crippen LogP contribution in [0.2, 0.25) is 0 Å². The number of benzene rings is 1. The average molecular weight is 341 g/mol. The van der Waals surface area contributed by atoms with E-state index >= 15 is 0 Å². The monoisotopic (exact) mass is 341 g/mol. The molecule has 0 aliphatic carbocycles. The summed E-state index contributed by atoms with van der Waals surface area (Å²) >= 11 is 0. The van der Waals surface area contributed by atoms with Crippen LogP contribution in [0.5, 0.6) is 5.75 Å². The molecule has 1 N–H and O–H groups in total. The molecule has 0 saturated carbocycles. The van der Waals surface area contributed by atoms with Crippen LogP contribution >= 0.6 is 0 Å². The summed E-state index contributed by atoms with van der Waals surface area (Å²) in [5.41, 5.74) is 2.57. The highest BCUT2D eigenvalue weighted by atomic mass is 16.5. The van der Waals surface area contributed by atoms with Gasteiger partial charge in [-0.05, 0) is 50.0 Å². The van der Waals surface area contributed by atoms with Crippen molar-refractivity contribution in [3.63, 3.8) is 0 Å². The van der Waals surface area contributed by atoms with Gasteiger partial charge in [-0.25, -0.2) is 0 Å². The van der Waals surface area contributed by atoms with Gasteiger partial charge < -0.3 is 14.6 Å². The minimum absolute atomic E-state index is 0.549. The Morgan fingerprint density at radius 1 is 1.20 bits per heavy atom. The minimum atomic E-state index is 0.549. The number of aromatic nitrogens is 3. The molecule has 25 heavy (non-hydrogen) atoms. The summed E-state index contributed by atoms with van der Waals surface area (Å²) in [6.07, 6.45) is 2.33. The van der Waals surface area contributed by atoms with E-state index in [0.717, 1.165) is 50.8 Å². The third kappa shape index (κ3) is 3.41. The standard InChI is InChI=1S/C19H27N5O/c1-14-11-15(3-4-17(14)25-2)13-23-8-5-16(6-9-23)19-22-21-18-12-20-7-10-24(18)19/h3-4,11,16,20H,5-10,12-13H2,1-2H3. The molecule has 0 unspecified atom stereocenters. The zero-order valence-electron chi connectivity index (χ0n) is 15.2. The molecule has 0 atom stereocenters. The first-order valence-corrected chi connectivity index (χ1v) is 9.23. The van der Waals surface area contributed by atoms with Crippen molar-refractivity contribution in [1.29, 1.82) is 0 Å². The van der Waals surface area contributed by atoms with E-state index in [1.807, 2.05) is 0 Å². The van der Waals surface area contributed by atoms with Crippen molar-refractivity contribution in [3.8, 4) is 5.75 Å². The first-order valence-electron chi connectivity index (χ1n) is 9.23. The number of aryl methyl sites for hydroxylation is 1. The van der Waals surface area contributed by atoms with Crippen molar-refractivity contribution in [2.75, 3.05) is 26.7 Å². The highest BCUT2D eigenvalue weighted by molar-refractivity contribution is 5.36. The number of nitrogens with zero attached hydrogens (tertiary/aromatic N) is 4. The number of fused-ring (bicyclic) bond motifs is 1. The predicted octanol–water partition coefficient (Wildman–Crippen LogP) is 2.08. The summed E-state index contributed by atoms with van der Waals surface area (Å²) in [6, 6.07) is 6.50. The zero-order valence-corrected chi connectivity index (χ0v) is 15.2. The maximum Gasteiger partial charge on any atom is 0.147 e. The van der Waals surface area contributed by atoms with Gasteiger partial charge in [0.25, 0.3) is 0 Å². The molecule has 1 saturated heterocycles. The molecule has 1 aromatic heterocycles. The van der Waals surface area contributed by atoms with E-state index in [4.69, 9.17) is 4.74 Å². The largest absolute Gasteiger partial charge is 0.496 e. The lowest BCUT2D eigenvalue weighted by atomic mass is 9.95. The number of likely N-dealkylation sites (tertiary alicyclic amines) is 1. The number of methoxy groups -OCH3 is 1. The Balaban J connectivity index is 1.37. The lowest BCUT2D eigenvalue weighted by molar-refractivity contribution is 0.199. The summed E-state index contributed by atoms with van der Waals surface area (Å²) in [5.74, 6) is 3.82. The molecule has 1 aromatic carbocycles. The Hall–Kier alpha value is -1.92. The molecule has 134 valence electrons. The molecular weight excluding hydrogens is 314 g/mol. The molecule has 4 rings (SSSR count). The van der Waals surface area contributed by atoms with Gasteiger partial charge in [-0.15, -0.1) is 10.2 Å². The van der Waals surface area contributed by atoms with Crippen LogP contribution in [-0.4, -0.2) is 46.4 Å². The quantitative estimate of drug-likeness (QED) is 0.923. The van der Waals surface area contributed by atoms with Crippen molar-refractivity contribution >= 4 is 0 Å². The molecule has 3 heterocycles. The van der Waals surface area contributed by atoms with Crippen molar-refractivity contribution in [1.82, 2.24) is 25.0 Å². The van der Waals surface area contributed by atoms with Crippen molar-refractivity contribution < 1.29 is 4.74 Å². The summed E-state index contributed by atoms with van der Waals surface area (Å²) < 4.78 is 7.69. The summed E-state index contributed by atoms with van der Waals surface area (Å²) in [6.45, 7) is 8.24. The molecule has 0 bridgehead atoms. The lowest BCUT2D eigenvalue weighted by Crippen LogP contribution is -2.34. The van der Waals surface area contributed by atoms with Gasteiger partial charge in [0.2, 0.25) is 0 Å². The normalized spacial score (nSPS) is 19.0. The second kappa shape index (κ2) is 7.14. The average Bonchev–Trinajstić information content (AvgIpc) is 3.07. The summed E-state index contributed by atoms with van der Waals surface area (Å²) in [4.78, 5) is 2.55. The smallest absolute Gasteiger partial charge is 0.147 e. The molecule has 0 amide bonds. The van der Waals surface area contributed by atoms with Crippen LogP contribution in [-0.2, 0) is 19.6 Å². The van der Waals surface area contributed by atoms with Crippen LogP contribution in [0.15, 0.2) is 18.2 Å². The molecule has 0 radical (unpaired) electrons. The molecular formula is C19H27N5O. The van der Waals surface area contributed by atoms with Crippen molar-refractivity contribution in [2.24, 2.45) is 0 Å². The van der Waals surface area contributed by atoms with E-state index < -0.39 is 0 Å². The van der Waals surface area contributed by atoms with Crippen molar-refractivity contribution in [2.45, 2.75) is 45.3 Å². The predicted molar refractivity (Wildman–Crippen MR) is 96.7 cm³/mol. The van der Waals surface area contributed by atoms with Crippen LogP contribution in [0, 0.1) is 6.92 Å².